The van der Waals surface area contributed by atoms with Crippen LogP contribution in [0.5, 0.6) is 5.75 Å². The van der Waals surface area contributed by atoms with E-state index in [1.165, 1.54) is 12.1 Å². The Kier molecular flexibility index (Phi) is 6.65. The molecule has 0 spiro atoms. The van der Waals surface area contributed by atoms with Gasteiger partial charge in [-0.2, -0.15) is 0 Å². The Hall–Kier alpha value is -2.48. The molecule has 0 saturated heterocycles. The predicted molar refractivity (Wildman–Crippen MR) is 89.7 cm³/mol. The molecule has 0 aliphatic heterocycles. The fourth-order valence-corrected chi connectivity index (χ4v) is 1.94. The molecule has 0 fully saturated rings. The van der Waals surface area contributed by atoms with Crippen LogP contribution in [0.4, 0.5) is 0 Å². The molecule has 124 valence electrons. The molecule has 23 heavy (non-hydrogen) atoms. The van der Waals surface area contributed by atoms with Gasteiger partial charge in [-0.25, -0.2) is 5.01 Å². The molecule has 0 aromatic heterocycles. The third-order valence-corrected chi connectivity index (χ3v) is 3.03. The Morgan fingerprint density at radius 1 is 1.22 bits per heavy atom. The number of carbonyl (C=O) groups is 2. The van der Waals surface area contributed by atoms with Crippen molar-refractivity contribution >= 4 is 11.8 Å². The zero-order valence-corrected chi connectivity index (χ0v) is 14.4. The van der Waals surface area contributed by atoms with Gasteiger partial charge >= 0.3 is 0 Å². The first kappa shape index (κ1) is 18.6. The molecule has 1 aromatic rings. The number of hydrazine groups is 1. The number of rotatable bonds is 3. The fraction of sp³-hybridized carbons (Fsp3) is 0.444. The molecule has 0 aliphatic rings. The SMILES string of the molecule is CCC#CCC(=O)N(NC(=O)c1ccccc1OC)C(C)(C)C. The average Bonchev–Trinajstić information content (AvgIpc) is 2.51. The van der Waals surface area contributed by atoms with Gasteiger partial charge in [0.1, 0.15) is 5.75 Å². The van der Waals surface area contributed by atoms with Gasteiger partial charge in [0.05, 0.1) is 24.6 Å². The second-order valence-electron chi connectivity index (χ2n) is 5.93. The molecule has 0 atom stereocenters. The van der Waals surface area contributed by atoms with Crippen LogP contribution in [0.1, 0.15) is 50.9 Å². The van der Waals surface area contributed by atoms with Crippen molar-refractivity contribution in [3.05, 3.63) is 29.8 Å². The quantitative estimate of drug-likeness (QED) is 0.689. The Bertz CT molecular complexity index is 621. The van der Waals surface area contributed by atoms with Gasteiger partial charge < -0.3 is 4.74 Å². The van der Waals surface area contributed by atoms with Gasteiger partial charge in [0.15, 0.2) is 0 Å². The first-order chi connectivity index (χ1) is 10.8. The monoisotopic (exact) mass is 316 g/mol. The lowest BCUT2D eigenvalue weighted by molar-refractivity contribution is -0.138. The van der Waals surface area contributed by atoms with E-state index in [0.29, 0.717) is 17.7 Å². The van der Waals surface area contributed by atoms with Crippen molar-refractivity contribution < 1.29 is 14.3 Å². The normalized spacial score (nSPS) is 10.3. The van der Waals surface area contributed by atoms with Crippen LogP contribution in [0.2, 0.25) is 0 Å². The van der Waals surface area contributed by atoms with Gasteiger partial charge in [0, 0.05) is 6.42 Å². The molecule has 0 aliphatic carbocycles. The maximum atomic E-state index is 12.5. The van der Waals surface area contributed by atoms with Crippen LogP contribution in [0, 0.1) is 11.8 Å². The summed E-state index contributed by atoms with van der Waals surface area (Å²) in [5.41, 5.74) is 2.48. The highest BCUT2D eigenvalue weighted by atomic mass is 16.5. The molecule has 0 heterocycles. The number of para-hydroxylation sites is 1. The van der Waals surface area contributed by atoms with Crippen LogP contribution >= 0.6 is 0 Å². The van der Waals surface area contributed by atoms with Crippen molar-refractivity contribution in [1.29, 1.82) is 0 Å². The molecule has 2 amide bonds. The molecule has 1 N–H and O–H groups in total. The molecule has 1 aromatic carbocycles. The summed E-state index contributed by atoms with van der Waals surface area (Å²) in [6.07, 6.45) is 0.758. The highest BCUT2D eigenvalue weighted by molar-refractivity contribution is 5.98. The number of benzene rings is 1. The number of ether oxygens (including phenoxy) is 1. The summed E-state index contributed by atoms with van der Waals surface area (Å²) in [7, 11) is 1.50. The molecule has 1 rings (SSSR count). The lowest BCUT2D eigenvalue weighted by atomic mass is 10.1. The minimum absolute atomic E-state index is 0.0668. The van der Waals surface area contributed by atoms with Crippen molar-refractivity contribution in [2.45, 2.75) is 46.1 Å². The Morgan fingerprint density at radius 2 is 1.87 bits per heavy atom. The summed E-state index contributed by atoms with van der Waals surface area (Å²) in [5.74, 6) is 5.48. The summed E-state index contributed by atoms with van der Waals surface area (Å²) in [5, 5.41) is 1.33. The molecule has 0 bridgehead atoms. The largest absolute Gasteiger partial charge is 0.496 e. The second kappa shape index (κ2) is 8.23. The van der Waals surface area contributed by atoms with E-state index >= 15 is 0 Å². The fourth-order valence-electron chi connectivity index (χ4n) is 1.94. The second-order valence-corrected chi connectivity index (χ2v) is 5.93. The van der Waals surface area contributed by atoms with Crippen LogP contribution in [0.15, 0.2) is 24.3 Å². The maximum Gasteiger partial charge on any atom is 0.273 e. The minimum atomic E-state index is -0.567. The summed E-state index contributed by atoms with van der Waals surface area (Å²) in [4.78, 5) is 24.9. The topological polar surface area (TPSA) is 58.6 Å². The number of methoxy groups -OCH3 is 1. The zero-order chi connectivity index (χ0) is 17.5. The van der Waals surface area contributed by atoms with Crippen molar-refractivity contribution in [2.24, 2.45) is 0 Å². The number of nitrogens with one attached hydrogen (secondary N) is 1. The highest BCUT2D eigenvalue weighted by Crippen LogP contribution is 2.18. The van der Waals surface area contributed by atoms with E-state index in [-0.39, 0.29) is 12.3 Å². The smallest absolute Gasteiger partial charge is 0.273 e. The van der Waals surface area contributed by atoms with E-state index in [2.05, 4.69) is 17.3 Å². The van der Waals surface area contributed by atoms with E-state index in [0.717, 1.165) is 0 Å². The molecule has 0 unspecified atom stereocenters. The van der Waals surface area contributed by atoms with Crippen LogP contribution < -0.4 is 10.2 Å². The first-order valence-electron chi connectivity index (χ1n) is 7.54. The van der Waals surface area contributed by atoms with Crippen LogP contribution in [0.3, 0.4) is 0 Å². The lowest BCUT2D eigenvalue weighted by Gasteiger charge is -2.35. The third-order valence-electron chi connectivity index (χ3n) is 3.03. The van der Waals surface area contributed by atoms with E-state index in [9.17, 15) is 9.59 Å². The molecule has 0 saturated carbocycles. The highest BCUT2D eigenvalue weighted by Gasteiger charge is 2.28. The Labute approximate surface area is 138 Å². The van der Waals surface area contributed by atoms with Gasteiger partial charge in [-0.05, 0) is 32.9 Å². The van der Waals surface area contributed by atoms with Gasteiger partial charge in [-0.1, -0.05) is 25.0 Å². The summed E-state index contributed by atoms with van der Waals surface area (Å²) in [6, 6.07) is 6.87. The van der Waals surface area contributed by atoms with Gasteiger partial charge in [0.25, 0.3) is 11.8 Å². The van der Waals surface area contributed by atoms with E-state index < -0.39 is 11.4 Å². The Morgan fingerprint density at radius 3 is 2.43 bits per heavy atom. The van der Waals surface area contributed by atoms with E-state index in [4.69, 9.17) is 4.74 Å². The molecular formula is C18H24N2O3. The Balaban J connectivity index is 2.97. The average molecular weight is 316 g/mol. The number of amides is 2. The summed E-state index contributed by atoms with van der Waals surface area (Å²) in [6.45, 7) is 7.46. The molecular weight excluding hydrogens is 292 g/mol. The molecule has 0 radical (unpaired) electrons. The van der Waals surface area contributed by atoms with Crippen molar-refractivity contribution in [3.63, 3.8) is 0 Å². The number of hydrogen-bond donors (Lipinski definition) is 1. The molecule has 5 heteroatoms. The van der Waals surface area contributed by atoms with Crippen molar-refractivity contribution in [1.82, 2.24) is 10.4 Å². The minimum Gasteiger partial charge on any atom is -0.496 e. The zero-order valence-electron chi connectivity index (χ0n) is 14.4. The third kappa shape index (κ3) is 5.33. The van der Waals surface area contributed by atoms with Gasteiger partial charge in [-0.3, -0.25) is 15.0 Å². The van der Waals surface area contributed by atoms with Crippen molar-refractivity contribution in [3.8, 4) is 17.6 Å². The van der Waals surface area contributed by atoms with Crippen molar-refractivity contribution in [2.75, 3.05) is 7.11 Å². The lowest BCUT2D eigenvalue weighted by Crippen LogP contribution is -2.55. The molecule has 5 nitrogen and oxygen atoms in total. The van der Waals surface area contributed by atoms with Gasteiger partial charge in [0.2, 0.25) is 0 Å². The first-order valence-corrected chi connectivity index (χ1v) is 7.54. The van der Waals surface area contributed by atoms with Crippen LogP contribution in [-0.4, -0.2) is 29.5 Å². The van der Waals surface area contributed by atoms with Gasteiger partial charge in [-0.15, -0.1) is 5.92 Å². The number of nitrogens with zero attached hydrogens (tertiary/aromatic N) is 1. The standard InChI is InChI=1S/C18H24N2O3/c1-6-7-8-13-16(21)20(18(2,3)4)19-17(22)14-11-9-10-12-15(14)23-5/h9-12H,6,13H2,1-5H3,(H,19,22). The van der Waals surface area contributed by atoms with E-state index in [1.54, 1.807) is 24.3 Å². The summed E-state index contributed by atoms with van der Waals surface area (Å²) < 4.78 is 5.19. The van der Waals surface area contributed by atoms with Crippen LogP contribution in [-0.2, 0) is 4.79 Å². The predicted octanol–water partition coefficient (Wildman–Crippen LogP) is 2.77. The van der Waals surface area contributed by atoms with Crippen LogP contribution in [0.25, 0.3) is 0 Å². The summed E-state index contributed by atoms with van der Waals surface area (Å²) >= 11 is 0. The number of hydrogen-bond acceptors (Lipinski definition) is 3. The maximum absolute atomic E-state index is 12.5. The number of carbonyl (C=O) groups excluding carboxylic acids is 2. The van der Waals surface area contributed by atoms with E-state index in [1.807, 2.05) is 27.7 Å².